The molecule has 35 heavy (non-hydrogen) atoms. The van der Waals surface area contributed by atoms with E-state index >= 15 is 0 Å². The van der Waals surface area contributed by atoms with Gasteiger partial charge in [0.05, 0.1) is 17.0 Å². The molecule has 186 valence electrons. The first-order valence-electron chi connectivity index (χ1n) is 11.3. The maximum atomic E-state index is 14.3. The number of carbonyl (C=O) groups is 2. The number of aryl methyl sites for hydroxylation is 1. The molecule has 0 saturated carbocycles. The number of rotatable bonds is 8. The molecule has 8 nitrogen and oxygen atoms in total. The Morgan fingerprint density at radius 1 is 1.23 bits per heavy atom. The van der Waals surface area contributed by atoms with E-state index in [1.54, 1.807) is 0 Å². The third kappa shape index (κ3) is 5.89. The van der Waals surface area contributed by atoms with Crippen LogP contribution in [0.25, 0.3) is 0 Å². The minimum atomic E-state index is -4.60. The first-order valence-corrected chi connectivity index (χ1v) is 12.9. The smallest absolute Gasteiger partial charge is 0.247 e. The maximum Gasteiger partial charge on any atom is 0.247 e. The molecule has 0 aliphatic carbocycles. The lowest BCUT2D eigenvalue weighted by atomic mass is 9.97. The number of amides is 1. The van der Waals surface area contributed by atoms with Crippen molar-refractivity contribution in [2.45, 2.75) is 45.3 Å². The summed E-state index contributed by atoms with van der Waals surface area (Å²) in [5, 5.41) is 12.9. The molecule has 3 rings (SSSR count). The quantitative estimate of drug-likeness (QED) is 0.547. The number of nitrogens with zero attached hydrogens (tertiary/aromatic N) is 3. The fourth-order valence-electron chi connectivity index (χ4n) is 3.98. The first-order chi connectivity index (χ1) is 16.6. The van der Waals surface area contributed by atoms with Gasteiger partial charge in [-0.1, -0.05) is 13.0 Å². The molecule has 1 aromatic carbocycles. The lowest BCUT2D eigenvalue weighted by Gasteiger charge is -2.29. The van der Waals surface area contributed by atoms with Crippen LogP contribution in [0.3, 0.4) is 0 Å². The predicted octanol–water partition coefficient (Wildman–Crippen LogP) is 3.39. The largest absolute Gasteiger partial charge is 0.317 e. The molecular weight excluding hydrogens is 478 g/mol. The summed E-state index contributed by atoms with van der Waals surface area (Å²) in [6.45, 7) is 4.31. The van der Waals surface area contributed by atoms with Gasteiger partial charge in [-0.3, -0.25) is 9.59 Å². The summed E-state index contributed by atoms with van der Waals surface area (Å²) in [5.74, 6) is -5.03. The Balaban J connectivity index is 2.15. The number of carbonyl (C=O) groups excluding carboxylic acids is 2. The van der Waals surface area contributed by atoms with Gasteiger partial charge in [-0.15, -0.1) is 0 Å². The van der Waals surface area contributed by atoms with E-state index in [0.717, 1.165) is 12.1 Å². The third-order valence-electron chi connectivity index (χ3n) is 5.80. The van der Waals surface area contributed by atoms with Crippen molar-refractivity contribution in [1.29, 1.82) is 5.26 Å². The van der Waals surface area contributed by atoms with Crippen LogP contribution in [0.15, 0.2) is 24.3 Å². The van der Waals surface area contributed by atoms with Crippen LogP contribution < -0.4 is 9.62 Å². The van der Waals surface area contributed by atoms with E-state index in [1.807, 2.05) is 13.0 Å². The lowest BCUT2D eigenvalue weighted by Crippen LogP contribution is -2.45. The van der Waals surface area contributed by atoms with Gasteiger partial charge in [0.2, 0.25) is 15.9 Å². The van der Waals surface area contributed by atoms with E-state index in [4.69, 9.17) is 0 Å². The molecule has 1 fully saturated rings. The van der Waals surface area contributed by atoms with Crippen molar-refractivity contribution in [2.24, 2.45) is 5.92 Å². The molecule has 1 aliphatic heterocycles. The third-order valence-corrected chi connectivity index (χ3v) is 7.39. The molecular formula is C24H26F2N4O4S. The molecule has 0 bridgehead atoms. The Hall–Kier alpha value is -3.23. The minimum Gasteiger partial charge on any atom is -0.317 e. The number of benzene rings is 1. The number of hydrogen-bond donors (Lipinski definition) is 1. The van der Waals surface area contributed by atoms with Gasteiger partial charge in [0, 0.05) is 29.5 Å². The Bertz CT molecular complexity index is 1290. The first kappa shape index (κ1) is 26.4. The molecule has 1 amide bonds. The van der Waals surface area contributed by atoms with Crippen molar-refractivity contribution >= 4 is 27.5 Å². The van der Waals surface area contributed by atoms with Crippen molar-refractivity contribution in [2.75, 3.05) is 17.4 Å². The zero-order valence-corrected chi connectivity index (χ0v) is 20.3. The summed E-state index contributed by atoms with van der Waals surface area (Å²) in [6, 6.07) is 5.56. The molecule has 2 aromatic rings. The van der Waals surface area contributed by atoms with Gasteiger partial charge in [-0.25, -0.2) is 22.2 Å². The molecule has 1 N–H and O–H groups in total. The van der Waals surface area contributed by atoms with Crippen molar-refractivity contribution < 1.29 is 26.8 Å². The van der Waals surface area contributed by atoms with E-state index in [9.17, 15) is 32.0 Å². The van der Waals surface area contributed by atoms with Gasteiger partial charge >= 0.3 is 0 Å². The standard InChI is InChI=1S/C24H26F2N4O4S/c1-3-4-22(31)20-11-18(13-27)23(29-15(20)2)30(24(32)16-7-9-28-10-8-16)35(33,34)14-17-5-6-19(25)12-21(17)26/h5-6,11-12,16,28H,3-4,7-10,14H2,1-2H3. The number of anilines is 1. The fourth-order valence-corrected chi connectivity index (χ4v) is 5.56. The lowest BCUT2D eigenvalue weighted by molar-refractivity contribution is -0.121. The van der Waals surface area contributed by atoms with Crippen LogP contribution in [0.4, 0.5) is 14.6 Å². The number of hydrogen-bond acceptors (Lipinski definition) is 7. The summed E-state index contributed by atoms with van der Waals surface area (Å²) in [4.78, 5) is 30.2. The maximum absolute atomic E-state index is 14.3. The highest BCUT2D eigenvalue weighted by molar-refractivity contribution is 7.92. The molecule has 0 unspecified atom stereocenters. The monoisotopic (exact) mass is 504 g/mol. The van der Waals surface area contributed by atoms with Crippen molar-refractivity contribution in [3.05, 3.63) is 58.3 Å². The van der Waals surface area contributed by atoms with Crippen LogP contribution >= 0.6 is 0 Å². The van der Waals surface area contributed by atoms with Crippen LogP contribution in [0, 0.1) is 35.8 Å². The van der Waals surface area contributed by atoms with E-state index in [2.05, 4.69) is 10.3 Å². The number of sulfonamides is 1. The van der Waals surface area contributed by atoms with Crippen molar-refractivity contribution in [1.82, 2.24) is 10.3 Å². The topological polar surface area (TPSA) is 120 Å². The molecule has 1 aromatic heterocycles. The second kappa shape index (κ2) is 11.0. The second-order valence-electron chi connectivity index (χ2n) is 8.40. The number of aromatic nitrogens is 1. The van der Waals surface area contributed by atoms with E-state index in [1.165, 1.54) is 13.0 Å². The number of nitrogens with one attached hydrogen (secondary N) is 1. The summed E-state index contributed by atoms with van der Waals surface area (Å²) in [7, 11) is -4.60. The Morgan fingerprint density at radius 2 is 1.91 bits per heavy atom. The number of nitriles is 1. The molecule has 2 heterocycles. The van der Waals surface area contributed by atoms with Crippen LogP contribution in [-0.4, -0.2) is 38.2 Å². The number of pyridine rings is 1. The molecule has 0 atom stereocenters. The Morgan fingerprint density at radius 3 is 2.51 bits per heavy atom. The molecule has 0 spiro atoms. The number of ketones is 1. The summed E-state index contributed by atoms with van der Waals surface area (Å²) < 4.78 is 55.2. The van der Waals surface area contributed by atoms with Crippen LogP contribution in [0.5, 0.6) is 0 Å². The van der Waals surface area contributed by atoms with Gasteiger partial charge in [-0.05, 0) is 51.4 Å². The molecule has 1 saturated heterocycles. The predicted molar refractivity (Wildman–Crippen MR) is 125 cm³/mol. The second-order valence-corrected chi connectivity index (χ2v) is 10.2. The average molecular weight is 505 g/mol. The summed E-state index contributed by atoms with van der Waals surface area (Å²) in [5.41, 5.74) is -0.257. The number of piperidine rings is 1. The molecule has 11 heteroatoms. The Labute approximate surface area is 203 Å². The van der Waals surface area contributed by atoms with Gasteiger partial charge in [-0.2, -0.15) is 9.57 Å². The minimum absolute atomic E-state index is 0.170. The van der Waals surface area contributed by atoms with Crippen LogP contribution in [0.1, 0.15) is 59.8 Å². The van der Waals surface area contributed by atoms with Gasteiger partial charge in [0.25, 0.3) is 0 Å². The number of Topliss-reactive ketones (excluding diaryl/α,β-unsaturated/α-hetero) is 1. The van der Waals surface area contributed by atoms with Crippen molar-refractivity contribution in [3.8, 4) is 6.07 Å². The summed E-state index contributed by atoms with van der Waals surface area (Å²) >= 11 is 0. The fraction of sp³-hybridized carbons (Fsp3) is 0.417. The molecule has 1 aliphatic rings. The van der Waals surface area contributed by atoms with Crippen LogP contribution in [-0.2, 0) is 20.6 Å². The highest BCUT2D eigenvalue weighted by atomic mass is 32.2. The average Bonchev–Trinajstić information content (AvgIpc) is 2.81. The Kier molecular flexibility index (Phi) is 8.30. The highest BCUT2D eigenvalue weighted by Gasteiger charge is 2.38. The van der Waals surface area contributed by atoms with Crippen molar-refractivity contribution in [3.63, 3.8) is 0 Å². The number of halogens is 2. The molecule has 0 radical (unpaired) electrons. The SMILES string of the molecule is CCCC(=O)c1cc(C#N)c(N(C(=O)C2CCNCC2)S(=O)(=O)Cc2ccc(F)cc2F)nc1C. The van der Waals surface area contributed by atoms with E-state index in [0.29, 0.717) is 42.7 Å². The van der Waals surface area contributed by atoms with Crippen LogP contribution in [0.2, 0.25) is 0 Å². The zero-order chi connectivity index (χ0) is 25.8. The zero-order valence-electron chi connectivity index (χ0n) is 19.5. The van der Waals surface area contributed by atoms with Gasteiger partial charge in [0.1, 0.15) is 17.7 Å². The van der Waals surface area contributed by atoms with Gasteiger partial charge in [0.15, 0.2) is 11.6 Å². The highest BCUT2D eigenvalue weighted by Crippen LogP contribution is 2.30. The van der Waals surface area contributed by atoms with E-state index in [-0.39, 0.29) is 34.6 Å². The normalized spacial score (nSPS) is 14.4. The summed E-state index contributed by atoms with van der Waals surface area (Å²) in [6.07, 6.45) is 1.51. The van der Waals surface area contributed by atoms with Gasteiger partial charge < -0.3 is 5.32 Å². The van der Waals surface area contributed by atoms with E-state index < -0.39 is 45.1 Å².